The Kier molecular flexibility index (Phi) is 3.05. The summed E-state index contributed by atoms with van der Waals surface area (Å²) in [5.41, 5.74) is 1.23. The molecular formula is C9H8O2S. The smallest absolute Gasteiger partial charge is 0.151 e. The van der Waals surface area contributed by atoms with Crippen molar-refractivity contribution < 1.29 is 9.59 Å². The fourth-order valence-corrected chi connectivity index (χ4v) is 1.50. The van der Waals surface area contributed by atoms with Crippen LogP contribution in [-0.4, -0.2) is 18.8 Å². The van der Waals surface area contributed by atoms with E-state index in [0.29, 0.717) is 11.1 Å². The lowest BCUT2D eigenvalue weighted by Crippen LogP contribution is -1.87. The van der Waals surface area contributed by atoms with Gasteiger partial charge < -0.3 is 0 Å². The van der Waals surface area contributed by atoms with Crippen LogP contribution in [0.1, 0.15) is 20.7 Å². The van der Waals surface area contributed by atoms with E-state index in [1.54, 1.807) is 18.2 Å². The first-order chi connectivity index (χ1) is 5.81. The molecule has 0 aromatic heterocycles. The molecule has 0 unspecified atom stereocenters. The number of hydrogen-bond donors (Lipinski definition) is 0. The molecular weight excluding hydrogens is 172 g/mol. The van der Waals surface area contributed by atoms with Gasteiger partial charge in [-0.1, -0.05) is 6.07 Å². The van der Waals surface area contributed by atoms with Gasteiger partial charge in [-0.15, -0.1) is 11.8 Å². The van der Waals surface area contributed by atoms with E-state index in [-0.39, 0.29) is 0 Å². The molecule has 62 valence electrons. The molecule has 0 heterocycles. The van der Waals surface area contributed by atoms with Gasteiger partial charge in [-0.05, 0) is 18.4 Å². The summed E-state index contributed by atoms with van der Waals surface area (Å²) >= 11 is 1.46. The van der Waals surface area contributed by atoms with E-state index in [0.717, 1.165) is 17.5 Å². The number of carbonyl (C=O) groups is 2. The molecule has 0 bridgehead atoms. The Morgan fingerprint density at radius 3 is 2.50 bits per heavy atom. The second-order valence-corrected chi connectivity index (χ2v) is 3.09. The number of carbonyl (C=O) groups excluding carboxylic acids is 2. The lowest BCUT2D eigenvalue weighted by molar-refractivity contribution is 0.111. The lowest BCUT2D eigenvalue weighted by atomic mass is 10.2. The van der Waals surface area contributed by atoms with Gasteiger partial charge in [0.2, 0.25) is 0 Å². The molecule has 1 aromatic rings. The van der Waals surface area contributed by atoms with E-state index in [4.69, 9.17) is 0 Å². The van der Waals surface area contributed by atoms with Crippen molar-refractivity contribution in [3.63, 3.8) is 0 Å². The van der Waals surface area contributed by atoms with Crippen LogP contribution in [0.15, 0.2) is 23.1 Å². The Hall–Kier alpha value is -1.09. The van der Waals surface area contributed by atoms with Crippen LogP contribution in [0, 0.1) is 0 Å². The summed E-state index contributed by atoms with van der Waals surface area (Å²) in [6.45, 7) is 0. The average molecular weight is 180 g/mol. The van der Waals surface area contributed by atoms with E-state index in [2.05, 4.69) is 0 Å². The van der Waals surface area contributed by atoms with Gasteiger partial charge in [0, 0.05) is 16.0 Å². The Morgan fingerprint density at radius 2 is 2.00 bits per heavy atom. The van der Waals surface area contributed by atoms with Crippen molar-refractivity contribution in [1.82, 2.24) is 0 Å². The van der Waals surface area contributed by atoms with Crippen molar-refractivity contribution in [2.75, 3.05) is 6.26 Å². The minimum atomic E-state index is 0.602. The third-order valence-corrected chi connectivity index (χ3v) is 2.31. The highest BCUT2D eigenvalue weighted by Crippen LogP contribution is 2.19. The molecule has 3 heteroatoms. The topological polar surface area (TPSA) is 34.1 Å². The summed E-state index contributed by atoms with van der Waals surface area (Å²) in [6.07, 6.45) is 3.44. The van der Waals surface area contributed by atoms with Gasteiger partial charge in [0.05, 0.1) is 0 Å². The predicted octanol–water partition coefficient (Wildman–Crippen LogP) is 2.03. The highest BCUT2D eigenvalue weighted by Gasteiger charge is 2.00. The summed E-state index contributed by atoms with van der Waals surface area (Å²) in [5.74, 6) is 0. The van der Waals surface area contributed by atoms with Crippen LogP contribution >= 0.6 is 11.8 Å². The van der Waals surface area contributed by atoms with Crippen LogP contribution in [0.2, 0.25) is 0 Å². The number of benzene rings is 1. The molecule has 0 radical (unpaired) electrons. The molecule has 0 N–H and O–H groups in total. The van der Waals surface area contributed by atoms with Crippen LogP contribution in [-0.2, 0) is 0 Å². The maximum Gasteiger partial charge on any atom is 0.151 e. The molecule has 0 amide bonds. The van der Waals surface area contributed by atoms with Crippen molar-refractivity contribution in [1.29, 1.82) is 0 Å². The molecule has 0 saturated carbocycles. The fraction of sp³-hybridized carbons (Fsp3) is 0.111. The Bertz CT molecular complexity index is 307. The molecule has 1 rings (SSSR count). The summed E-state index contributed by atoms with van der Waals surface area (Å²) < 4.78 is 0. The van der Waals surface area contributed by atoms with Crippen LogP contribution in [0.4, 0.5) is 0 Å². The van der Waals surface area contributed by atoms with Crippen LogP contribution in [0.25, 0.3) is 0 Å². The van der Waals surface area contributed by atoms with Gasteiger partial charge in [-0.25, -0.2) is 0 Å². The Labute approximate surface area is 75.0 Å². The average Bonchev–Trinajstić information content (AvgIpc) is 2.16. The van der Waals surface area contributed by atoms with Crippen molar-refractivity contribution in [2.24, 2.45) is 0 Å². The number of aldehydes is 2. The molecule has 1 aromatic carbocycles. The van der Waals surface area contributed by atoms with E-state index in [9.17, 15) is 9.59 Å². The van der Waals surface area contributed by atoms with Gasteiger partial charge >= 0.3 is 0 Å². The largest absolute Gasteiger partial charge is 0.298 e. The molecule has 0 fully saturated rings. The van der Waals surface area contributed by atoms with Crippen molar-refractivity contribution in [2.45, 2.75) is 4.90 Å². The maximum atomic E-state index is 10.5. The van der Waals surface area contributed by atoms with Gasteiger partial charge in [0.15, 0.2) is 6.29 Å². The van der Waals surface area contributed by atoms with Crippen LogP contribution in [0.3, 0.4) is 0 Å². The summed E-state index contributed by atoms with van der Waals surface area (Å²) in [7, 11) is 0. The highest BCUT2D eigenvalue weighted by atomic mass is 32.2. The number of thioether (sulfide) groups is 1. The standard InChI is InChI=1S/C9H8O2S/c1-12-9-4-7(5-10)2-3-8(9)6-11/h2-6H,1H3. The molecule has 0 atom stereocenters. The molecule has 2 nitrogen and oxygen atoms in total. The van der Waals surface area contributed by atoms with Gasteiger partial charge in [-0.3, -0.25) is 9.59 Å². The monoisotopic (exact) mass is 180 g/mol. The zero-order valence-electron chi connectivity index (χ0n) is 6.61. The summed E-state index contributed by atoms with van der Waals surface area (Å²) in [4.78, 5) is 21.7. The normalized spacial score (nSPS) is 9.42. The minimum absolute atomic E-state index is 0.602. The fourth-order valence-electron chi connectivity index (χ4n) is 0.898. The van der Waals surface area contributed by atoms with Gasteiger partial charge in [0.1, 0.15) is 6.29 Å². The Balaban J connectivity index is 3.18. The van der Waals surface area contributed by atoms with Gasteiger partial charge in [-0.2, -0.15) is 0 Å². The maximum absolute atomic E-state index is 10.5. The third kappa shape index (κ3) is 1.74. The highest BCUT2D eigenvalue weighted by molar-refractivity contribution is 7.98. The first-order valence-electron chi connectivity index (χ1n) is 3.40. The quantitative estimate of drug-likeness (QED) is 0.527. The third-order valence-electron chi connectivity index (χ3n) is 1.52. The summed E-state index contributed by atoms with van der Waals surface area (Å²) in [5, 5.41) is 0. The number of hydrogen-bond acceptors (Lipinski definition) is 3. The molecule has 0 aliphatic carbocycles. The molecule has 0 saturated heterocycles. The number of rotatable bonds is 3. The van der Waals surface area contributed by atoms with Crippen LogP contribution in [0.5, 0.6) is 0 Å². The Morgan fingerprint density at radius 1 is 1.25 bits per heavy atom. The minimum Gasteiger partial charge on any atom is -0.298 e. The van der Waals surface area contributed by atoms with E-state index < -0.39 is 0 Å². The molecule has 0 aliphatic heterocycles. The summed E-state index contributed by atoms with van der Waals surface area (Å²) in [6, 6.07) is 5.00. The SMILES string of the molecule is CSc1cc(C=O)ccc1C=O. The molecule has 0 aliphatic rings. The molecule has 0 spiro atoms. The van der Waals surface area contributed by atoms with E-state index in [1.165, 1.54) is 11.8 Å². The van der Waals surface area contributed by atoms with Gasteiger partial charge in [0.25, 0.3) is 0 Å². The molecule has 12 heavy (non-hydrogen) atoms. The van der Waals surface area contributed by atoms with Crippen LogP contribution < -0.4 is 0 Å². The predicted molar refractivity (Wildman–Crippen MR) is 49.0 cm³/mol. The van der Waals surface area contributed by atoms with Crippen molar-refractivity contribution in [3.8, 4) is 0 Å². The first kappa shape index (κ1) is 9.00. The van der Waals surface area contributed by atoms with Crippen molar-refractivity contribution in [3.05, 3.63) is 29.3 Å². The van der Waals surface area contributed by atoms with Crippen molar-refractivity contribution >= 4 is 24.3 Å². The van der Waals surface area contributed by atoms with E-state index >= 15 is 0 Å². The second-order valence-electron chi connectivity index (χ2n) is 2.24. The first-order valence-corrected chi connectivity index (χ1v) is 4.62. The zero-order valence-corrected chi connectivity index (χ0v) is 7.43. The lowest BCUT2D eigenvalue weighted by Gasteiger charge is -2.00. The van der Waals surface area contributed by atoms with E-state index in [1.807, 2.05) is 6.26 Å². The second kappa shape index (κ2) is 4.07. The zero-order chi connectivity index (χ0) is 8.97.